The van der Waals surface area contributed by atoms with E-state index in [0.717, 1.165) is 6.26 Å². The Balaban J connectivity index is 2.36. The van der Waals surface area contributed by atoms with Crippen molar-refractivity contribution in [3.8, 4) is 11.5 Å². The summed E-state index contributed by atoms with van der Waals surface area (Å²) in [5, 5.41) is 0.585. The van der Waals surface area contributed by atoms with Gasteiger partial charge in [0.1, 0.15) is 5.75 Å². The van der Waals surface area contributed by atoms with E-state index in [4.69, 9.17) is 27.9 Å². The molecule has 99 valence electrons. The lowest BCUT2D eigenvalue weighted by atomic mass is 10.3. The van der Waals surface area contributed by atoms with Gasteiger partial charge in [0.2, 0.25) is 0 Å². The SMILES string of the molecule is CS(=O)(=O)c1ccc(Oc2[c]cccc2Cl)c(Cl)c1. The summed E-state index contributed by atoms with van der Waals surface area (Å²) in [5.41, 5.74) is 0. The van der Waals surface area contributed by atoms with Crippen LogP contribution in [0.15, 0.2) is 41.3 Å². The third-order valence-corrected chi connectivity index (χ3v) is 4.02. The third kappa shape index (κ3) is 3.41. The predicted octanol–water partition coefficient (Wildman–Crippen LogP) is 3.99. The fourth-order valence-electron chi connectivity index (χ4n) is 1.38. The average molecular weight is 316 g/mol. The quantitative estimate of drug-likeness (QED) is 0.860. The summed E-state index contributed by atoms with van der Waals surface area (Å²) >= 11 is 11.9. The first-order chi connectivity index (χ1) is 8.88. The molecule has 0 saturated carbocycles. The van der Waals surface area contributed by atoms with Gasteiger partial charge in [0.05, 0.1) is 14.9 Å². The second-order valence-corrected chi connectivity index (χ2v) is 6.64. The van der Waals surface area contributed by atoms with E-state index in [1.165, 1.54) is 18.2 Å². The molecule has 0 aromatic heterocycles. The minimum atomic E-state index is -3.30. The van der Waals surface area contributed by atoms with Crippen LogP contribution in [0.3, 0.4) is 0 Å². The molecule has 1 radical (unpaired) electrons. The minimum absolute atomic E-state index is 0.132. The van der Waals surface area contributed by atoms with Crippen molar-refractivity contribution in [1.82, 2.24) is 0 Å². The molecule has 19 heavy (non-hydrogen) atoms. The van der Waals surface area contributed by atoms with E-state index in [2.05, 4.69) is 6.07 Å². The number of hydrogen-bond acceptors (Lipinski definition) is 3. The molecule has 2 aromatic carbocycles. The molecule has 0 aliphatic heterocycles. The van der Waals surface area contributed by atoms with Crippen molar-refractivity contribution in [3.63, 3.8) is 0 Å². The van der Waals surface area contributed by atoms with Crippen molar-refractivity contribution in [2.45, 2.75) is 4.90 Å². The zero-order valence-electron chi connectivity index (χ0n) is 9.85. The highest BCUT2D eigenvalue weighted by Crippen LogP contribution is 2.34. The van der Waals surface area contributed by atoms with Gasteiger partial charge in [0, 0.05) is 12.3 Å². The minimum Gasteiger partial charge on any atom is -0.454 e. The van der Waals surface area contributed by atoms with Crippen molar-refractivity contribution >= 4 is 33.0 Å². The third-order valence-electron chi connectivity index (χ3n) is 2.31. The molecule has 0 spiro atoms. The number of sulfone groups is 1. The molecule has 6 heteroatoms. The van der Waals surface area contributed by atoms with Crippen LogP contribution in [0.4, 0.5) is 0 Å². The molecule has 0 atom stereocenters. The standard InChI is InChI=1S/C13H9Cl2O3S/c1-19(16,17)9-6-7-13(11(15)8-9)18-12-5-3-2-4-10(12)14/h2-4,6-8H,1H3. The maximum Gasteiger partial charge on any atom is 0.175 e. The molecule has 0 unspecified atom stereocenters. The van der Waals surface area contributed by atoms with Gasteiger partial charge in [0.15, 0.2) is 15.6 Å². The lowest BCUT2D eigenvalue weighted by molar-refractivity contribution is 0.481. The summed E-state index contributed by atoms with van der Waals surface area (Å²) in [6.45, 7) is 0. The second kappa shape index (κ2) is 5.41. The smallest absolute Gasteiger partial charge is 0.175 e. The Bertz CT molecular complexity index is 712. The maximum absolute atomic E-state index is 11.4. The highest BCUT2D eigenvalue weighted by molar-refractivity contribution is 7.90. The molecular weight excluding hydrogens is 307 g/mol. The van der Waals surface area contributed by atoms with Gasteiger partial charge >= 0.3 is 0 Å². The van der Waals surface area contributed by atoms with Crippen molar-refractivity contribution in [2.75, 3.05) is 6.26 Å². The second-order valence-electron chi connectivity index (χ2n) is 3.81. The van der Waals surface area contributed by atoms with Crippen molar-refractivity contribution in [2.24, 2.45) is 0 Å². The molecule has 0 heterocycles. The molecular formula is C13H9Cl2O3S. The van der Waals surface area contributed by atoms with Crippen LogP contribution in [0.1, 0.15) is 0 Å². The summed E-state index contributed by atoms with van der Waals surface area (Å²) < 4.78 is 28.3. The van der Waals surface area contributed by atoms with Crippen molar-refractivity contribution in [1.29, 1.82) is 0 Å². The lowest BCUT2D eigenvalue weighted by Crippen LogP contribution is -1.97. The molecule has 2 aromatic rings. The van der Waals surface area contributed by atoms with Gasteiger partial charge in [-0.05, 0) is 24.3 Å². The zero-order valence-corrected chi connectivity index (χ0v) is 12.2. The van der Waals surface area contributed by atoms with Crippen LogP contribution in [0.25, 0.3) is 0 Å². The van der Waals surface area contributed by atoms with Crippen molar-refractivity contribution < 1.29 is 13.2 Å². The zero-order chi connectivity index (χ0) is 14.0. The van der Waals surface area contributed by atoms with Crippen LogP contribution < -0.4 is 4.74 Å². The first kappa shape index (κ1) is 14.2. The van der Waals surface area contributed by atoms with Crippen LogP contribution in [0.5, 0.6) is 11.5 Å². The van der Waals surface area contributed by atoms with Crippen LogP contribution in [-0.2, 0) is 9.84 Å². The fraction of sp³-hybridized carbons (Fsp3) is 0.0769. The number of hydrogen-bond donors (Lipinski definition) is 0. The molecule has 0 bridgehead atoms. The molecule has 0 saturated heterocycles. The van der Waals surface area contributed by atoms with Crippen molar-refractivity contribution in [3.05, 3.63) is 52.5 Å². The normalized spacial score (nSPS) is 11.3. The molecule has 0 aliphatic carbocycles. The summed E-state index contributed by atoms with van der Waals surface area (Å²) in [7, 11) is -3.30. The van der Waals surface area contributed by atoms with Crippen LogP contribution in [-0.4, -0.2) is 14.7 Å². The van der Waals surface area contributed by atoms with Crippen LogP contribution >= 0.6 is 23.2 Å². The number of benzene rings is 2. The van der Waals surface area contributed by atoms with Crippen LogP contribution in [0.2, 0.25) is 10.0 Å². The highest BCUT2D eigenvalue weighted by Gasteiger charge is 2.12. The lowest BCUT2D eigenvalue weighted by Gasteiger charge is -2.09. The van der Waals surface area contributed by atoms with Gasteiger partial charge in [-0.1, -0.05) is 35.3 Å². The van der Waals surface area contributed by atoms with Gasteiger partial charge in [-0.15, -0.1) is 0 Å². The fourth-order valence-corrected chi connectivity index (χ4v) is 2.48. The Kier molecular flexibility index (Phi) is 4.04. The number of para-hydroxylation sites is 1. The Labute approximate surface area is 121 Å². The molecule has 2 rings (SSSR count). The van der Waals surface area contributed by atoms with E-state index in [9.17, 15) is 8.42 Å². The Morgan fingerprint density at radius 3 is 2.47 bits per heavy atom. The average Bonchev–Trinajstić information content (AvgIpc) is 2.33. The van der Waals surface area contributed by atoms with Gasteiger partial charge in [-0.3, -0.25) is 0 Å². The summed E-state index contributed by atoms with van der Waals surface area (Å²) in [4.78, 5) is 0.132. The number of halogens is 2. The first-order valence-electron chi connectivity index (χ1n) is 5.21. The van der Waals surface area contributed by atoms with E-state index in [-0.39, 0.29) is 9.92 Å². The van der Waals surface area contributed by atoms with Gasteiger partial charge in [0.25, 0.3) is 0 Å². The van der Waals surface area contributed by atoms with E-state index >= 15 is 0 Å². The van der Waals surface area contributed by atoms with E-state index < -0.39 is 9.84 Å². The summed E-state index contributed by atoms with van der Waals surface area (Å²) in [6.07, 6.45) is 1.11. The van der Waals surface area contributed by atoms with E-state index in [0.29, 0.717) is 16.5 Å². The molecule has 0 amide bonds. The number of ether oxygens (including phenoxy) is 1. The van der Waals surface area contributed by atoms with E-state index in [1.807, 2.05) is 0 Å². The van der Waals surface area contributed by atoms with Gasteiger partial charge in [-0.25, -0.2) is 8.42 Å². The molecule has 0 N–H and O–H groups in total. The molecule has 0 fully saturated rings. The largest absolute Gasteiger partial charge is 0.454 e. The Hall–Kier alpha value is -1.23. The monoisotopic (exact) mass is 315 g/mol. The topological polar surface area (TPSA) is 43.4 Å². The maximum atomic E-state index is 11.4. The Morgan fingerprint density at radius 1 is 1.16 bits per heavy atom. The number of rotatable bonds is 3. The summed E-state index contributed by atoms with van der Waals surface area (Å²) in [6, 6.07) is 12.1. The predicted molar refractivity (Wildman–Crippen MR) is 74.9 cm³/mol. The van der Waals surface area contributed by atoms with Crippen LogP contribution in [0, 0.1) is 6.07 Å². The Morgan fingerprint density at radius 2 is 1.89 bits per heavy atom. The molecule has 0 aliphatic rings. The van der Waals surface area contributed by atoms with E-state index in [1.54, 1.807) is 18.2 Å². The van der Waals surface area contributed by atoms with Gasteiger partial charge < -0.3 is 4.74 Å². The van der Waals surface area contributed by atoms with Gasteiger partial charge in [-0.2, -0.15) is 0 Å². The first-order valence-corrected chi connectivity index (χ1v) is 7.86. The highest BCUT2D eigenvalue weighted by atomic mass is 35.5. The molecule has 3 nitrogen and oxygen atoms in total. The summed E-state index contributed by atoms with van der Waals surface area (Å²) in [5.74, 6) is 0.650.